The van der Waals surface area contributed by atoms with E-state index in [1.165, 1.54) is 6.07 Å². The van der Waals surface area contributed by atoms with Crippen LogP contribution in [0.15, 0.2) is 39.9 Å². The SMILES string of the molecule is Cc1cccc(-c2cc(=O)[nH]c(=O)[nH]2)c1. The van der Waals surface area contributed by atoms with Gasteiger partial charge in [-0.2, -0.15) is 0 Å². The quantitative estimate of drug-likeness (QED) is 0.725. The number of hydrogen-bond acceptors (Lipinski definition) is 2. The number of aryl methyl sites for hydroxylation is 1. The fourth-order valence-electron chi connectivity index (χ4n) is 1.44. The summed E-state index contributed by atoms with van der Waals surface area (Å²) in [4.78, 5) is 26.9. The predicted molar refractivity (Wildman–Crippen MR) is 57.9 cm³/mol. The number of H-pyrrole nitrogens is 2. The number of aromatic amines is 2. The Kier molecular flexibility index (Phi) is 2.25. The van der Waals surface area contributed by atoms with Gasteiger partial charge in [0.1, 0.15) is 0 Å². The largest absolute Gasteiger partial charge is 0.326 e. The van der Waals surface area contributed by atoms with Crippen LogP contribution < -0.4 is 11.2 Å². The van der Waals surface area contributed by atoms with E-state index in [0.29, 0.717) is 5.69 Å². The Morgan fingerprint density at radius 1 is 1.07 bits per heavy atom. The lowest BCUT2D eigenvalue weighted by molar-refractivity contribution is 1.04. The summed E-state index contributed by atoms with van der Waals surface area (Å²) in [7, 11) is 0. The van der Waals surface area contributed by atoms with Crippen molar-refractivity contribution in [3.05, 3.63) is 56.7 Å². The van der Waals surface area contributed by atoms with E-state index in [0.717, 1.165) is 11.1 Å². The maximum Gasteiger partial charge on any atom is 0.326 e. The molecule has 0 unspecified atom stereocenters. The summed E-state index contributed by atoms with van der Waals surface area (Å²) in [6, 6.07) is 8.96. The highest BCUT2D eigenvalue weighted by Gasteiger charge is 1.99. The normalized spacial score (nSPS) is 10.2. The summed E-state index contributed by atoms with van der Waals surface area (Å²) >= 11 is 0. The highest BCUT2D eigenvalue weighted by atomic mass is 16.2. The molecule has 1 aromatic heterocycles. The summed E-state index contributed by atoms with van der Waals surface area (Å²) in [5.74, 6) is 0. The molecule has 0 aliphatic carbocycles. The van der Waals surface area contributed by atoms with E-state index in [9.17, 15) is 9.59 Å². The highest BCUT2D eigenvalue weighted by molar-refractivity contribution is 5.59. The van der Waals surface area contributed by atoms with Gasteiger partial charge in [-0.1, -0.05) is 23.8 Å². The van der Waals surface area contributed by atoms with Crippen LogP contribution in [0.2, 0.25) is 0 Å². The maximum absolute atomic E-state index is 11.1. The van der Waals surface area contributed by atoms with Gasteiger partial charge in [-0.25, -0.2) is 4.79 Å². The van der Waals surface area contributed by atoms with Crippen molar-refractivity contribution < 1.29 is 0 Å². The Bertz CT molecular complexity index is 568. The van der Waals surface area contributed by atoms with E-state index < -0.39 is 11.2 Å². The first-order valence-electron chi connectivity index (χ1n) is 4.56. The van der Waals surface area contributed by atoms with Crippen molar-refractivity contribution in [1.29, 1.82) is 0 Å². The van der Waals surface area contributed by atoms with Gasteiger partial charge in [0, 0.05) is 6.07 Å². The molecule has 1 heterocycles. The molecular formula is C11H10N2O2. The lowest BCUT2D eigenvalue weighted by atomic mass is 10.1. The molecule has 0 spiro atoms. The van der Waals surface area contributed by atoms with E-state index >= 15 is 0 Å². The van der Waals surface area contributed by atoms with Crippen LogP contribution in [0.3, 0.4) is 0 Å². The molecule has 2 aromatic rings. The lowest BCUT2D eigenvalue weighted by Crippen LogP contribution is -2.21. The van der Waals surface area contributed by atoms with Crippen molar-refractivity contribution >= 4 is 0 Å². The summed E-state index contributed by atoms with van der Waals surface area (Å²) in [5.41, 5.74) is 1.56. The predicted octanol–water partition coefficient (Wildman–Crippen LogP) is 1.04. The molecule has 0 amide bonds. The lowest BCUT2D eigenvalue weighted by Gasteiger charge is -2.01. The Labute approximate surface area is 85.6 Å². The van der Waals surface area contributed by atoms with Crippen LogP contribution >= 0.6 is 0 Å². The molecule has 0 radical (unpaired) electrons. The number of hydrogen-bond donors (Lipinski definition) is 2. The number of rotatable bonds is 1. The van der Waals surface area contributed by atoms with Crippen LogP contribution in [0, 0.1) is 6.92 Å². The summed E-state index contributed by atoms with van der Waals surface area (Å²) in [5, 5.41) is 0. The fourth-order valence-corrected chi connectivity index (χ4v) is 1.44. The van der Waals surface area contributed by atoms with Gasteiger partial charge >= 0.3 is 5.69 Å². The minimum absolute atomic E-state index is 0.393. The first kappa shape index (κ1) is 9.45. The third kappa shape index (κ3) is 2.04. The molecule has 4 nitrogen and oxygen atoms in total. The summed E-state index contributed by atoms with van der Waals surface area (Å²) < 4.78 is 0. The Balaban J connectivity index is 2.64. The molecule has 15 heavy (non-hydrogen) atoms. The zero-order valence-electron chi connectivity index (χ0n) is 8.20. The molecule has 0 saturated heterocycles. The summed E-state index contributed by atoms with van der Waals surface area (Å²) in [6.07, 6.45) is 0. The van der Waals surface area contributed by atoms with Gasteiger partial charge in [0.15, 0.2) is 0 Å². The topological polar surface area (TPSA) is 65.7 Å². The minimum atomic E-state index is -0.487. The van der Waals surface area contributed by atoms with Crippen molar-refractivity contribution in [2.75, 3.05) is 0 Å². The number of benzene rings is 1. The monoisotopic (exact) mass is 202 g/mol. The average molecular weight is 202 g/mol. The Morgan fingerprint density at radius 2 is 1.87 bits per heavy atom. The van der Waals surface area contributed by atoms with Crippen LogP contribution in [-0.2, 0) is 0 Å². The van der Waals surface area contributed by atoms with Gasteiger partial charge in [0.2, 0.25) is 0 Å². The van der Waals surface area contributed by atoms with Crippen LogP contribution in [-0.4, -0.2) is 9.97 Å². The van der Waals surface area contributed by atoms with E-state index in [-0.39, 0.29) is 0 Å². The zero-order chi connectivity index (χ0) is 10.8. The fraction of sp³-hybridized carbons (Fsp3) is 0.0909. The van der Waals surface area contributed by atoms with E-state index in [1.54, 1.807) is 0 Å². The molecule has 0 aliphatic heterocycles. The van der Waals surface area contributed by atoms with Crippen molar-refractivity contribution in [2.45, 2.75) is 6.92 Å². The molecule has 2 rings (SSSR count). The maximum atomic E-state index is 11.1. The minimum Gasteiger partial charge on any atom is -0.307 e. The molecule has 0 fully saturated rings. The molecule has 0 saturated carbocycles. The Morgan fingerprint density at radius 3 is 2.53 bits per heavy atom. The van der Waals surface area contributed by atoms with E-state index in [4.69, 9.17) is 0 Å². The molecule has 76 valence electrons. The van der Waals surface area contributed by atoms with Gasteiger partial charge in [0.05, 0.1) is 5.69 Å². The van der Waals surface area contributed by atoms with Crippen LogP contribution in [0.4, 0.5) is 0 Å². The molecule has 2 N–H and O–H groups in total. The second-order valence-corrected chi connectivity index (χ2v) is 3.37. The van der Waals surface area contributed by atoms with Crippen LogP contribution in [0.5, 0.6) is 0 Å². The molecule has 0 aliphatic rings. The average Bonchev–Trinajstić information content (AvgIpc) is 2.16. The van der Waals surface area contributed by atoms with Crippen molar-refractivity contribution in [1.82, 2.24) is 9.97 Å². The smallest absolute Gasteiger partial charge is 0.307 e. The van der Waals surface area contributed by atoms with Gasteiger partial charge in [-0.3, -0.25) is 9.78 Å². The van der Waals surface area contributed by atoms with Gasteiger partial charge in [0.25, 0.3) is 5.56 Å². The van der Waals surface area contributed by atoms with Gasteiger partial charge < -0.3 is 4.98 Å². The first-order chi connectivity index (χ1) is 7.15. The molecular weight excluding hydrogens is 192 g/mol. The summed E-state index contributed by atoms with van der Waals surface area (Å²) in [6.45, 7) is 1.95. The number of aromatic nitrogens is 2. The highest BCUT2D eigenvalue weighted by Crippen LogP contribution is 2.14. The second-order valence-electron chi connectivity index (χ2n) is 3.37. The molecule has 1 aromatic carbocycles. The van der Waals surface area contributed by atoms with E-state index in [1.807, 2.05) is 31.2 Å². The van der Waals surface area contributed by atoms with Crippen LogP contribution in [0.25, 0.3) is 11.3 Å². The molecule has 4 heteroatoms. The standard InChI is InChI=1S/C11H10N2O2/c1-7-3-2-4-8(5-7)9-6-10(14)13-11(15)12-9/h2-6H,1H3,(H2,12,13,14,15). The third-order valence-corrected chi connectivity index (χ3v) is 2.09. The van der Waals surface area contributed by atoms with Gasteiger partial charge in [-0.15, -0.1) is 0 Å². The number of nitrogens with one attached hydrogen (secondary N) is 2. The molecule has 0 bridgehead atoms. The van der Waals surface area contributed by atoms with Crippen molar-refractivity contribution in [3.8, 4) is 11.3 Å². The van der Waals surface area contributed by atoms with Gasteiger partial charge in [-0.05, 0) is 18.6 Å². The Hall–Kier alpha value is -2.10. The van der Waals surface area contributed by atoms with Crippen LogP contribution in [0.1, 0.15) is 5.56 Å². The third-order valence-electron chi connectivity index (χ3n) is 2.09. The second kappa shape index (κ2) is 3.57. The molecule has 0 atom stereocenters. The van der Waals surface area contributed by atoms with Crippen molar-refractivity contribution in [3.63, 3.8) is 0 Å². The first-order valence-corrected chi connectivity index (χ1v) is 4.56. The van der Waals surface area contributed by atoms with E-state index in [2.05, 4.69) is 9.97 Å². The van der Waals surface area contributed by atoms with Crippen molar-refractivity contribution in [2.24, 2.45) is 0 Å². The zero-order valence-corrected chi connectivity index (χ0v) is 8.20.